The van der Waals surface area contributed by atoms with Crippen LogP contribution in [-0.2, 0) is 35.3 Å². The van der Waals surface area contributed by atoms with Crippen LogP contribution in [0.25, 0.3) is 0 Å². The van der Waals surface area contributed by atoms with Gasteiger partial charge in [-0.1, -0.05) is 55.5 Å². The molecule has 0 spiro atoms. The molecule has 0 aromatic heterocycles. The predicted octanol–water partition coefficient (Wildman–Crippen LogP) is 3.12. The van der Waals surface area contributed by atoms with E-state index in [2.05, 4.69) is 51.1 Å². The Balaban J connectivity index is 0.00000420. The molecule has 0 bridgehead atoms. The second kappa shape index (κ2) is 12.1. The van der Waals surface area contributed by atoms with Crippen LogP contribution in [0.15, 0.2) is 53.5 Å². The zero-order chi connectivity index (χ0) is 20.6. The van der Waals surface area contributed by atoms with Gasteiger partial charge in [0.05, 0.1) is 5.75 Å². The van der Waals surface area contributed by atoms with Crippen molar-refractivity contribution in [3.05, 3.63) is 70.8 Å². The number of nitrogens with zero attached hydrogens (tertiary/aromatic N) is 2. The summed E-state index contributed by atoms with van der Waals surface area (Å²) in [6.45, 7) is 3.47. The van der Waals surface area contributed by atoms with E-state index in [0.717, 1.165) is 30.1 Å². The van der Waals surface area contributed by atoms with Gasteiger partial charge in [0.2, 0.25) is 10.0 Å². The van der Waals surface area contributed by atoms with E-state index in [1.165, 1.54) is 18.2 Å². The molecule has 6 nitrogen and oxygen atoms in total. The minimum absolute atomic E-state index is 0. The summed E-state index contributed by atoms with van der Waals surface area (Å²) in [4.78, 5) is 6.42. The van der Waals surface area contributed by atoms with Crippen LogP contribution >= 0.6 is 24.0 Å². The van der Waals surface area contributed by atoms with Crippen molar-refractivity contribution in [3.8, 4) is 0 Å². The molecule has 0 saturated carbocycles. The molecule has 29 heavy (non-hydrogen) atoms. The Hall–Kier alpha value is -1.65. The smallest absolute Gasteiger partial charge is 0.215 e. The number of aliphatic imine (C=N–C) groups is 1. The lowest BCUT2D eigenvalue weighted by atomic mass is 10.1. The van der Waals surface area contributed by atoms with Gasteiger partial charge in [-0.15, -0.1) is 24.0 Å². The average Bonchev–Trinajstić information content (AvgIpc) is 2.69. The molecular formula is C21H31IN4O2S. The third-order valence-electron chi connectivity index (χ3n) is 4.53. The van der Waals surface area contributed by atoms with Gasteiger partial charge in [-0.25, -0.2) is 13.1 Å². The van der Waals surface area contributed by atoms with E-state index in [0.29, 0.717) is 6.54 Å². The van der Waals surface area contributed by atoms with Crippen LogP contribution in [0.1, 0.15) is 29.2 Å². The van der Waals surface area contributed by atoms with E-state index in [1.807, 2.05) is 31.3 Å². The Morgan fingerprint density at radius 3 is 2.24 bits per heavy atom. The summed E-state index contributed by atoms with van der Waals surface area (Å²) in [5.74, 6) is 0.757. The second-order valence-electron chi connectivity index (χ2n) is 6.71. The maximum Gasteiger partial charge on any atom is 0.215 e. The van der Waals surface area contributed by atoms with Crippen molar-refractivity contribution in [2.24, 2.45) is 4.99 Å². The van der Waals surface area contributed by atoms with E-state index in [4.69, 9.17) is 0 Å². The molecule has 160 valence electrons. The third kappa shape index (κ3) is 8.31. The van der Waals surface area contributed by atoms with Gasteiger partial charge in [0.1, 0.15) is 0 Å². The van der Waals surface area contributed by atoms with Crippen molar-refractivity contribution in [2.75, 3.05) is 21.1 Å². The first-order valence-corrected chi connectivity index (χ1v) is 11.0. The Morgan fingerprint density at radius 2 is 1.66 bits per heavy atom. The van der Waals surface area contributed by atoms with E-state index in [1.54, 1.807) is 7.05 Å². The van der Waals surface area contributed by atoms with Crippen molar-refractivity contribution < 1.29 is 8.42 Å². The summed E-state index contributed by atoms with van der Waals surface area (Å²) >= 11 is 0. The SMILES string of the molecule is CCc1ccc(CN(C)C(=NC)NCc2cccc(CS(=O)(=O)NC)c2)cc1.I. The maximum atomic E-state index is 11.7. The Morgan fingerprint density at radius 1 is 1.03 bits per heavy atom. The van der Waals surface area contributed by atoms with Gasteiger partial charge in [0, 0.05) is 27.2 Å². The Labute approximate surface area is 191 Å². The molecule has 0 atom stereocenters. The number of hydrogen-bond acceptors (Lipinski definition) is 3. The molecule has 0 aliphatic heterocycles. The van der Waals surface area contributed by atoms with Gasteiger partial charge in [-0.05, 0) is 35.7 Å². The number of nitrogens with one attached hydrogen (secondary N) is 2. The molecule has 0 unspecified atom stereocenters. The summed E-state index contributed by atoms with van der Waals surface area (Å²) in [5.41, 5.74) is 4.31. The fourth-order valence-electron chi connectivity index (χ4n) is 2.92. The van der Waals surface area contributed by atoms with Gasteiger partial charge in [0.25, 0.3) is 0 Å². The lowest BCUT2D eigenvalue weighted by Crippen LogP contribution is -2.38. The zero-order valence-electron chi connectivity index (χ0n) is 17.5. The molecule has 0 heterocycles. The normalized spacial score (nSPS) is 11.7. The van der Waals surface area contributed by atoms with Crippen LogP contribution in [0.3, 0.4) is 0 Å². The largest absolute Gasteiger partial charge is 0.352 e. The van der Waals surface area contributed by atoms with Gasteiger partial charge in [0.15, 0.2) is 5.96 Å². The number of guanidine groups is 1. The first-order valence-electron chi connectivity index (χ1n) is 9.35. The van der Waals surface area contributed by atoms with Gasteiger partial charge in [-0.2, -0.15) is 0 Å². The standard InChI is InChI=1S/C21H30N4O2S.HI/c1-5-17-9-11-18(12-10-17)15-25(4)21(22-2)24-14-19-7-6-8-20(13-19)16-28(26,27)23-3;/h6-13,23H,5,14-16H2,1-4H3,(H,22,24);1H. The van der Waals surface area contributed by atoms with Crippen LogP contribution in [0.4, 0.5) is 0 Å². The molecule has 2 rings (SSSR count). The molecule has 2 aromatic carbocycles. The molecule has 8 heteroatoms. The summed E-state index contributed by atoms with van der Waals surface area (Å²) in [6.07, 6.45) is 1.04. The highest BCUT2D eigenvalue weighted by molar-refractivity contribution is 14.0. The topological polar surface area (TPSA) is 73.8 Å². The number of sulfonamides is 1. The Bertz CT molecular complexity index is 899. The lowest BCUT2D eigenvalue weighted by molar-refractivity contribution is 0.476. The number of rotatable bonds is 8. The van der Waals surface area contributed by atoms with Crippen molar-refractivity contribution in [2.45, 2.75) is 32.2 Å². The summed E-state index contributed by atoms with van der Waals surface area (Å²) < 4.78 is 25.8. The molecule has 0 saturated heterocycles. The molecule has 0 aliphatic rings. The number of benzene rings is 2. The molecule has 0 aliphatic carbocycles. The quantitative estimate of drug-likeness (QED) is 0.313. The average molecular weight is 530 g/mol. The molecular weight excluding hydrogens is 499 g/mol. The third-order valence-corrected chi connectivity index (χ3v) is 5.87. The fourth-order valence-corrected chi connectivity index (χ4v) is 3.68. The summed E-state index contributed by atoms with van der Waals surface area (Å²) in [7, 11) is 1.90. The molecule has 2 aromatic rings. The minimum Gasteiger partial charge on any atom is -0.352 e. The fraction of sp³-hybridized carbons (Fsp3) is 0.381. The van der Waals surface area contributed by atoms with E-state index >= 15 is 0 Å². The monoisotopic (exact) mass is 530 g/mol. The van der Waals surface area contributed by atoms with Crippen molar-refractivity contribution >= 4 is 40.0 Å². The van der Waals surface area contributed by atoms with Crippen molar-refractivity contribution in [1.29, 1.82) is 0 Å². The number of halogens is 1. The first-order chi connectivity index (χ1) is 13.4. The van der Waals surface area contributed by atoms with Crippen LogP contribution < -0.4 is 10.0 Å². The predicted molar refractivity (Wildman–Crippen MR) is 131 cm³/mol. The van der Waals surface area contributed by atoms with Gasteiger partial charge < -0.3 is 10.2 Å². The van der Waals surface area contributed by atoms with Crippen LogP contribution in [-0.4, -0.2) is 40.4 Å². The van der Waals surface area contributed by atoms with Crippen LogP contribution in [0.2, 0.25) is 0 Å². The maximum absolute atomic E-state index is 11.7. The van der Waals surface area contributed by atoms with Gasteiger partial charge >= 0.3 is 0 Å². The number of hydrogen-bond donors (Lipinski definition) is 2. The minimum atomic E-state index is -3.28. The highest BCUT2D eigenvalue weighted by Gasteiger charge is 2.10. The lowest BCUT2D eigenvalue weighted by Gasteiger charge is -2.22. The molecule has 0 fully saturated rings. The van der Waals surface area contributed by atoms with E-state index in [-0.39, 0.29) is 29.7 Å². The highest BCUT2D eigenvalue weighted by Crippen LogP contribution is 2.10. The molecule has 0 amide bonds. The second-order valence-corrected chi connectivity index (χ2v) is 8.64. The Kier molecular flexibility index (Phi) is 10.6. The van der Waals surface area contributed by atoms with E-state index in [9.17, 15) is 8.42 Å². The highest BCUT2D eigenvalue weighted by atomic mass is 127. The van der Waals surface area contributed by atoms with Crippen LogP contribution in [0, 0.1) is 0 Å². The summed E-state index contributed by atoms with van der Waals surface area (Å²) in [5, 5.41) is 3.34. The van der Waals surface area contributed by atoms with Crippen LogP contribution in [0.5, 0.6) is 0 Å². The van der Waals surface area contributed by atoms with E-state index < -0.39 is 10.0 Å². The number of aryl methyl sites for hydroxylation is 1. The molecule has 2 N–H and O–H groups in total. The first kappa shape index (κ1) is 25.4. The van der Waals surface area contributed by atoms with Crippen molar-refractivity contribution in [3.63, 3.8) is 0 Å². The zero-order valence-corrected chi connectivity index (χ0v) is 20.6. The molecule has 0 radical (unpaired) electrons. The van der Waals surface area contributed by atoms with Gasteiger partial charge in [-0.3, -0.25) is 4.99 Å². The van der Waals surface area contributed by atoms with Crippen molar-refractivity contribution in [1.82, 2.24) is 14.9 Å². The summed E-state index contributed by atoms with van der Waals surface area (Å²) in [6, 6.07) is 16.2.